The van der Waals surface area contributed by atoms with E-state index in [2.05, 4.69) is 5.32 Å². The van der Waals surface area contributed by atoms with Crippen molar-refractivity contribution in [2.24, 2.45) is 11.5 Å². The number of nitrogens with two attached hydrogens (primary N) is 2. The molecule has 0 bridgehead atoms. The second-order valence-electron chi connectivity index (χ2n) is 3.32. The predicted octanol–water partition coefficient (Wildman–Crippen LogP) is -1.73. The van der Waals surface area contributed by atoms with Crippen LogP contribution in [-0.4, -0.2) is 35.3 Å². The molecule has 0 fully saturated rings. The van der Waals surface area contributed by atoms with Crippen LogP contribution in [0.15, 0.2) is 23.5 Å². The van der Waals surface area contributed by atoms with Gasteiger partial charge >= 0.3 is 0 Å². The lowest BCUT2D eigenvalue weighted by molar-refractivity contribution is -0.430. The molecule has 2 unspecified atom stereocenters. The van der Waals surface area contributed by atoms with Gasteiger partial charge in [-0.25, -0.2) is 0 Å². The molecule has 7 N–H and O–H groups in total. The first-order chi connectivity index (χ1) is 7.61. The molecule has 0 aromatic carbocycles. The summed E-state index contributed by atoms with van der Waals surface area (Å²) in [7, 11) is 0. The maximum atomic E-state index is 10.6. The molecule has 0 aliphatic heterocycles. The van der Waals surface area contributed by atoms with Gasteiger partial charge in [-0.1, -0.05) is 0 Å². The van der Waals surface area contributed by atoms with Crippen molar-refractivity contribution in [2.45, 2.75) is 12.1 Å². The van der Waals surface area contributed by atoms with Crippen LogP contribution in [0.4, 0.5) is 0 Å². The van der Waals surface area contributed by atoms with Crippen molar-refractivity contribution in [3.8, 4) is 0 Å². The molecule has 16 heavy (non-hydrogen) atoms. The first-order valence-corrected chi connectivity index (χ1v) is 4.77. The van der Waals surface area contributed by atoms with Crippen LogP contribution in [0, 0.1) is 10.1 Å². The van der Waals surface area contributed by atoms with E-state index in [9.17, 15) is 10.1 Å². The molecular weight excluding hydrogens is 214 g/mol. The summed E-state index contributed by atoms with van der Waals surface area (Å²) in [5, 5.41) is 22.5. The van der Waals surface area contributed by atoms with Gasteiger partial charge in [-0.3, -0.25) is 10.1 Å². The molecule has 2 atom stereocenters. The highest BCUT2D eigenvalue weighted by atomic mass is 16.6. The van der Waals surface area contributed by atoms with E-state index in [0.29, 0.717) is 18.8 Å². The molecule has 0 aromatic rings. The fourth-order valence-electron chi connectivity index (χ4n) is 1.47. The average molecular weight is 229 g/mol. The highest BCUT2D eigenvalue weighted by molar-refractivity contribution is 5.30. The third kappa shape index (κ3) is 2.55. The predicted molar refractivity (Wildman–Crippen MR) is 56.9 cm³/mol. The van der Waals surface area contributed by atoms with E-state index in [1.165, 1.54) is 12.2 Å². The lowest BCUT2D eigenvalue weighted by Gasteiger charge is -2.26. The van der Waals surface area contributed by atoms with E-state index >= 15 is 0 Å². The van der Waals surface area contributed by atoms with Gasteiger partial charge in [-0.2, -0.15) is 5.48 Å². The number of nitro groups is 1. The third-order valence-corrected chi connectivity index (χ3v) is 2.29. The highest BCUT2D eigenvalue weighted by Gasteiger charge is 2.34. The number of allylic oxidation sites excluding steroid dienone is 2. The Labute approximate surface area is 92.1 Å². The van der Waals surface area contributed by atoms with Crippen LogP contribution in [0.3, 0.4) is 0 Å². The number of hydrogen-bond acceptors (Lipinski definition) is 7. The topological polar surface area (TPSA) is 139 Å². The van der Waals surface area contributed by atoms with Crippen LogP contribution in [-0.2, 0) is 0 Å². The number of nitrogens with one attached hydrogen (secondary N) is 2. The van der Waals surface area contributed by atoms with Gasteiger partial charge in [0.25, 0.3) is 5.70 Å². The van der Waals surface area contributed by atoms with Crippen molar-refractivity contribution in [3.63, 3.8) is 0 Å². The minimum Gasteiger partial charge on any atom is -0.386 e. The molecular formula is C8H15N5O3. The zero-order valence-electron chi connectivity index (χ0n) is 8.59. The van der Waals surface area contributed by atoms with Gasteiger partial charge in [0.05, 0.1) is 11.0 Å². The number of nitrogens with zero attached hydrogens (tertiary/aromatic N) is 1. The summed E-state index contributed by atoms with van der Waals surface area (Å²) >= 11 is 0. The van der Waals surface area contributed by atoms with E-state index < -0.39 is 17.0 Å². The van der Waals surface area contributed by atoms with Crippen LogP contribution >= 0.6 is 0 Å². The molecule has 8 nitrogen and oxygen atoms in total. The molecule has 1 aliphatic rings. The zero-order valence-corrected chi connectivity index (χ0v) is 8.59. The summed E-state index contributed by atoms with van der Waals surface area (Å²) in [5.41, 5.74) is 13.3. The molecule has 8 heteroatoms. The Morgan fingerprint density at radius 2 is 2.25 bits per heavy atom. The molecule has 0 amide bonds. The Morgan fingerprint density at radius 1 is 1.56 bits per heavy atom. The second kappa shape index (κ2) is 5.56. The Bertz CT molecular complexity index is 328. The van der Waals surface area contributed by atoms with Gasteiger partial charge in [0, 0.05) is 24.9 Å². The third-order valence-electron chi connectivity index (χ3n) is 2.29. The second-order valence-corrected chi connectivity index (χ2v) is 3.32. The Kier molecular flexibility index (Phi) is 4.38. The molecule has 1 aliphatic carbocycles. The number of hydroxylamine groups is 1. The Hall–Kier alpha value is -1.48. The number of hydrogen-bond donors (Lipinski definition) is 5. The summed E-state index contributed by atoms with van der Waals surface area (Å²) in [6.45, 7) is 0.912. The Morgan fingerprint density at radius 3 is 2.75 bits per heavy atom. The minimum atomic E-state index is -0.912. The van der Waals surface area contributed by atoms with Gasteiger partial charge in [-0.15, -0.1) is 0 Å². The fourth-order valence-corrected chi connectivity index (χ4v) is 1.47. The SMILES string of the molecule is NCCNC1=CC=C([N+](=O)[O-])C(N)C1NO. The lowest BCUT2D eigenvalue weighted by Crippen LogP contribution is -2.52. The van der Waals surface area contributed by atoms with Crippen LogP contribution in [0.25, 0.3) is 0 Å². The van der Waals surface area contributed by atoms with Crippen LogP contribution in [0.2, 0.25) is 0 Å². The standard InChI is InChI=1S/C8H15N5O3/c9-3-4-11-5-1-2-6(13(15)16)7(10)8(5)12-14/h1-2,7-8,11-12,14H,3-4,9-10H2. The molecule has 1 rings (SSSR count). The summed E-state index contributed by atoms with van der Waals surface area (Å²) in [6, 6.07) is -1.64. The van der Waals surface area contributed by atoms with E-state index in [-0.39, 0.29) is 5.70 Å². The molecule has 0 radical (unpaired) electrons. The maximum Gasteiger partial charge on any atom is 0.264 e. The molecule has 0 spiro atoms. The summed E-state index contributed by atoms with van der Waals surface area (Å²) in [6.07, 6.45) is 2.82. The summed E-state index contributed by atoms with van der Waals surface area (Å²) < 4.78 is 0. The van der Waals surface area contributed by atoms with E-state index in [1.54, 1.807) is 0 Å². The largest absolute Gasteiger partial charge is 0.386 e. The maximum absolute atomic E-state index is 10.6. The van der Waals surface area contributed by atoms with Gasteiger partial charge in [-0.05, 0) is 6.08 Å². The fraction of sp³-hybridized carbons (Fsp3) is 0.500. The molecule has 0 aromatic heterocycles. The van der Waals surface area contributed by atoms with Crippen molar-refractivity contribution >= 4 is 0 Å². The smallest absolute Gasteiger partial charge is 0.264 e. The molecule has 90 valence electrons. The summed E-state index contributed by atoms with van der Waals surface area (Å²) in [4.78, 5) is 10.1. The van der Waals surface area contributed by atoms with Gasteiger partial charge < -0.3 is 22.0 Å². The van der Waals surface area contributed by atoms with E-state index in [0.717, 1.165) is 0 Å². The van der Waals surface area contributed by atoms with Crippen LogP contribution < -0.4 is 22.3 Å². The first-order valence-electron chi connectivity index (χ1n) is 4.77. The summed E-state index contributed by atoms with van der Waals surface area (Å²) in [5.74, 6) is 0. The van der Waals surface area contributed by atoms with Crippen molar-refractivity contribution in [2.75, 3.05) is 13.1 Å². The normalized spacial score (nSPS) is 24.7. The molecule has 0 saturated heterocycles. The van der Waals surface area contributed by atoms with Crippen molar-refractivity contribution in [3.05, 3.63) is 33.7 Å². The van der Waals surface area contributed by atoms with Crippen LogP contribution in [0.1, 0.15) is 0 Å². The van der Waals surface area contributed by atoms with Crippen LogP contribution in [0.5, 0.6) is 0 Å². The quantitative estimate of drug-likeness (QED) is 0.278. The molecule has 0 saturated carbocycles. The van der Waals surface area contributed by atoms with E-state index in [4.69, 9.17) is 16.7 Å². The minimum absolute atomic E-state index is 0.148. The van der Waals surface area contributed by atoms with Crippen molar-refractivity contribution in [1.29, 1.82) is 0 Å². The van der Waals surface area contributed by atoms with Gasteiger partial charge in [0.1, 0.15) is 6.04 Å². The van der Waals surface area contributed by atoms with Crippen molar-refractivity contribution in [1.82, 2.24) is 10.8 Å². The highest BCUT2D eigenvalue weighted by Crippen LogP contribution is 2.16. The lowest BCUT2D eigenvalue weighted by atomic mass is 9.97. The van der Waals surface area contributed by atoms with E-state index in [1.807, 2.05) is 5.48 Å². The first kappa shape index (κ1) is 12.6. The monoisotopic (exact) mass is 229 g/mol. The Balaban J connectivity index is 2.87. The molecule has 0 heterocycles. The van der Waals surface area contributed by atoms with Crippen molar-refractivity contribution < 1.29 is 10.1 Å². The number of rotatable bonds is 5. The van der Waals surface area contributed by atoms with Gasteiger partial charge in [0.15, 0.2) is 0 Å². The average Bonchev–Trinajstić information content (AvgIpc) is 2.25. The zero-order chi connectivity index (χ0) is 12.1. The van der Waals surface area contributed by atoms with Gasteiger partial charge in [0.2, 0.25) is 0 Å².